The molecule has 0 saturated heterocycles. The number of carboxylic acid groups (broad SMARTS) is 1. The summed E-state index contributed by atoms with van der Waals surface area (Å²) in [6, 6.07) is 24.8. The third-order valence-corrected chi connectivity index (χ3v) is 6.93. The minimum Gasteiger partial charge on any atom is -0.481 e. The molecule has 1 amide bonds. The van der Waals surface area contributed by atoms with E-state index in [9.17, 15) is 24.2 Å². The molecule has 0 saturated carbocycles. The van der Waals surface area contributed by atoms with E-state index in [-0.39, 0.29) is 51.9 Å². The van der Waals surface area contributed by atoms with Crippen LogP contribution in [0.1, 0.15) is 69.9 Å². The Morgan fingerprint density at radius 2 is 1.42 bits per heavy atom. The van der Waals surface area contributed by atoms with Gasteiger partial charge in [-0.2, -0.15) is 0 Å². The molecule has 1 aromatic heterocycles. The van der Waals surface area contributed by atoms with E-state index < -0.39 is 24.6 Å². The average molecular weight is 591 g/mol. The molecule has 43 heavy (non-hydrogen) atoms. The van der Waals surface area contributed by atoms with Crippen molar-refractivity contribution in [3.8, 4) is 22.4 Å². The molecule has 0 radical (unpaired) electrons. The predicted octanol–water partition coefficient (Wildman–Crippen LogP) is 7.59. The van der Waals surface area contributed by atoms with Crippen LogP contribution in [-0.2, 0) is 11.3 Å². The standard InChI is InChI=1S/C33H35FN2O5.2CH4/c1-21(2)31-30(33(41)35-25-11-7-4-8-12-25)29(22-9-5-3-6-10-22)32(23-13-15-24(34)16-14-23)36(31)18-17-26(37)19-27(38)20-28(39)40;;/h3-16,21,26-27,37-38H,17-20H2,1-2H3,(H,35,41)(H,39,40);2*1H4/t26-,27-;;/m1../s1. The molecule has 0 spiro atoms. The Morgan fingerprint density at radius 3 is 1.98 bits per heavy atom. The van der Waals surface area contributed by atoms with E-state index in [0.717, 1.165) is 11.3 Å². The Kier molecular flexibility index (Phi) is 12.8. The molecule has 4 rings (SSSR count). The highest BCUT2D eigenvalue weighted by Gasteiger charge is 2.31. The third-order valence-electron chi connectivity index (χ3n) is 6.93. The normalized spacial score (nSPS) is 12.1. The second-order valence-electron chi connectivity index (χ2n) is 10.4. The summed E-state index contributed by atoms with van der Waals surface area (Å²) >= 11 is 0. The number of amides is 1. The van der Waals surface area contributed by atoms with E-state index in [1.807, 2.05) is 79.1 Å². The first-order valence-corrected chi connectivity index (χ1v) is 13.7. The molecule has 0 aliphatic carbocycles. The van der Waals surface area contributed by atoms with Crippen LogP contribution >= 0.6 is 0 Å². The largest absolute Gasteiger partial charge is 0.481 e. The van der Waals surface area contributed by atoms with Gasteiger partial charge in [0.25, 0.3) is 5.91 Å². The summed E-state index contributed by atoms with van der Waals surface area (Å²) < 4.78 is 16.0. The summed E-state index contributed by atoms with van der Waals surface area (Å²) in [5, 5.41) is 32.8. The van der Waals surface area contributed by atoms with Crippen molar-refractivity contribution in [1.82, 2.24) is 4.57 Å². The summed E-state index contributed by atoms with van der Waals surface area (Å²) in [6.45, 7) is 4.25. The Morgan fingerprint density at radius 1 is 0.837 bits per heavy atom. The number of benzene rings is 3. The Labute approximate surface area is 253 Å². The summed E-state index contributed by atoms with van der Waals surface area (Å²) in [4.78, 5) is 25.0. The third kappa shape index (κ3) is 8.63. The quantitative estimate of drug-likeness (QED) is 0.136. The van der Waals surface area contributed by atoms with Gasteiger partial charge in [-0.25, -0.2) is 4.39 Å². The molecule has 8 heteroatoms. The van der Waals surface area contributed by atoms with Crippen LogP contribution in [0.25, 0.3) is 22.4 Å². The monoisotopic (exact) mass is 590 g/mol. The first-order chi connectivity index (χ1) is 19.7. The van der Waals surface area contributed by atoms with Crippen LogP contribution in [0.3, 0.4) is 0 Å². The van der Waals surface area contributed by atoms with Gasteiger partial charge in [0.1, 0.15) is 5.82 Å². The number of aromatic nitrogens is 1. The second-order valence-corrected chi connectivity index (χ2v) is 10.4. The van der Waals surface area contributed by atoms with E-state index in [2.05, 4.69) is 5.32 Å². The number of carbonyl (C=O) groups is 2. The fraction of sp³-hybridized carbons (Fsp3) is 0.314. The Hall–Kier alpha value is -4.27. The fourth-order valence-electron chi connectivity index (χ4n) is 5.20. The molecular formula is C35H43FN2O5. The van der Waals surface area contributed by atoms with Gasteiger partial charge in [0.05, 0.1) is 29.9 Å². The highest BCUT2D eigenvalue weighted by molar-refractivity contribution is 6.12. The second kappa shape index (κ2) is 15.8. The first-order valence-electron chi connectivity index (χ1n) is 13.7. The van der Waals surface area contributed by atoms with Crippen LogP contribution in [0.5, 0.6) is 0 Å². The van der Waals surface area contributed by atoms with Crippen LogP contribution in [0.2, 0.25) is 0 Å². The molecule has 7 nitrogen and oxygen atoms in total. The number of carbonyl (C=O) groups excluding carboxylic acids is 1. The number of carboxylic acids is 1. The summed E-state index contributed by atoms with van der Waals surface area (Å²) in [6.07, 6.45) is -2.51. The lowest BCUT2D eigenvalue weighted by Gasteiger charge is -2.20. The van der Waals surface area contributed by atoms with Crippen LogP contribution in [0.4, 0.5) is 10.1 Å². The minimum absolute atomic E-state index is 0. The maximum atomic E-state index is 14.0. The van der Waals surface area contributed by atoms with Crippen LogP contribution in [-0.4, -0.2) is 44.0 Å². The summed E-state index contributed by atoms with van der Waals surface area (Å²) in [5.41, 5.74) is 4.77. The van der Waals surface area contributed by atoms with Crippen molar-refractivity contribution >= 4 is 17.6 Å². The number of hydrogen-bond donors (Lipinski definition) is 4. The number of hydrogen-bond acceptors (Lipinski definition) is 4. The van der Waals surface area contributed by atoms with E-state index in [1.54, 1.807) is 12.1 Å². The summed E-state index contributed by atoms with van der Waals surface area (Å²) in [7, 11) is 0. The van der Waals surface area contributed by atoms with Gasteiger partial charge in [-0.05, 0) is 66.3 Å². The van der Waals surface area contributed by atoms with E-state index >= 15 is 0 Å². The number of nitrogens with zero attached hydrogens (tertiary/aromatic N) is 1. The predicted molar refractivity (Wildman–Crippen MR) is 171 cm³/mol. The first kappa shape index (κ1) is 34.9. The van der Waals surface area contributed by atoms with Gasteiger partial charge in [-0.1, -0.05) is 77.2 Å². The lowest BCUT2D eigenvalue weighted by Crippen LogP contribution is -2.22. The SMILES string of the molecule is C.C.CC(C)c1c(C(=O)Nc2ccccc2)c(-c2ccccc2)c(-c2ccc(F)cc2)n1CC[C@@H](O)C[C@@H](O)CC(=O)O. The molecule has 230 valence electrons. The van der Waals surface area contributed by atoms with Crippen molar-refractivity contribution in [3.05, 3.63) is 102 Å². The van der Waals surface area contributed by atoms with Gasteiger partial charge >= 0.3 is 5.97 Å². The van der Waals surface area contributed by atoms with Gasteiger partial charge < -0.3 is 25.2 Å². The molecule has 2 atom stereocenters. The van der Waals surface area contributed by atoms with Crippen LogP contribution in [0.15, 0.2) is 84.9 Å². The van der Waals surface area contributed by atoms with Crippen molar-refractivity contribution < 1.29 is 29.3 Å². The molecule has 1 heterocycles. The molecule has 0 fully saturated rings. The number of para-hydroxylation sites is 1. The van der Waals surface area contributed by atoms with Gasteiger partial charge in [0.15, 0.2) is 0 Å². The molecule has 0 aliphatic heterocycles. The molecule has 0 unspecified atom stereocenters. The Balaban J connectivity index is 0.00000323. The van der Waals surface area contributed by atoms with Crippen LogP contribution < -0.4 is 5.32 Å². The maximum absolute atomic E-state index is 14.0. The highest BCUT2D eigenvalue weighted by Crippen LogP contribution is 2.42. The van der Waals surface area contributed by atoms with Crippen molar-refractivity contribution in [2.75, 3.05) is 5.32 Å². The van der Waals surface area contributed by atoms with E-state index in [0.29, 0.717) is 28.1 Å². The molecule has 4 N–H and O–H groups in total. The number of halogens is 1. The van der Waals surface area contributed by atoms with Gasteiger partial charge in [-0.3, -0.25) is 9.59 Å². The van der Waals surface area contributed by atoms with E-state index in [4.69, 9.17) is 5.11 Å². The lowest BCUT2D eigenvalue weighted by atomic mass is 9.94. The molecule has 3 aromatic carbocycles. The van der Waals surface area contributed by atoms with Gasteiger partial charge in [0, 0.05) is 23.5 Å². The van der Waals surface area contributed by atoms with Crippen molar-refractivity contribution in [1.29, 1.82) is 0 Å². The molecule has 0 aliphatic rings. The number of aliphatic hydroxyl groups excluding tert-OH is 2. The zero-order chi connectivity index (χ0) is 29.5. The van der Waals surface area contributed by atoms with Crippen molar-refractivity contribution in [3.63, 3.8) is 0 Å². The zero-order valence-electron chi connectivity index (χ0n) is 23.1. The fourth-order valence-corrected chi connectivity index (χ4v) is 5.20. The molecule has 4 aromatic rings. The summed E-state index contributed by atoms with van der Waals surface area (Å²) in [5.74, 6) is -1.93. The van der Waals surface area contributed by atoms with Gasteiger partial charge in [0.2, 0.25) is 0 Å². The zero-order valence-corrected chi connectivity index (χ0v) is 23.1. The minimum atomic E-state index is -1.18. The molecule has 0 bridgehead atoms. The number of aliphatic hydroxyl groups is 2. The average Bonchev–Trinajstić information content (AvgIpc) is 3.28. The van der Waals surface area contributed by atoms with Gasteiger partial charge in [-0.15, -0.1) is 0 Å². The smallest absolute Gasteiger partial charge is 0.305 e. The number of anilines is 1. The number of nitrogens with one attached hydrogen (secondary N) is 1. The maximum Gasteiger partial charge on any atom is 0.305 e. The van der Waals surface area contributed by atoms with Crippen LogP contribution in [0, 0.1) is 5.82 Å². The Bertz CT molecular complexity index is 1470. The lowest BCUT2D eigenvalue weighted by molar-refractivity contribution is -0.139. The number of aliphatic carboxylic acids is 1. The number of rotatable bonds is 12. The molecular weight excluding hydrogens is 547 g/mol. The topological polar surface area (TPSA) is 112 Å². The van der Waals surface area contributed by atoms with Crippen molar-refractivity contribution in [2.24, 2.45) is 0 Å². The van der Waals surface area contributed by atoms with Crippen molar-refractivity contribution in [2.45, 2.75) is 72.6 Å². The van der Waals surface area contributed by atoms with E-state index in [1.165, 1.54) is 12.1 Å². The highest BCUT2D eigenvalue weighted by atomic mass is 19.1.